The molecule has 0 aliphatic carbocycles. The van der Waals surface area contributed by atoms with Crippen molar-refractivity contribution in [2.75, 3.05) is 5.32 Å². The molecule has 0 atom stereocenters. The van der Waals surface area contributed by atoms with Crippen LogP contribution in [0.15, 0.2) is 65.8 Å². The number of amides is 1. The lowest BCUT2D eigenvalue weighted by Gasteiger charge is -2.13. The Kier molecular flexibility index (Phi) is 4.42. The van der Waals surface area contributed by atoms with Gasteiger partial charge in [0.2, 0.25) is 5.91 Å². The van der Waals surface area contributed by atoms with Gasteiger partial charge in [-0.25, -0.2) is 4.39 Å². The minimum atomic E-state index is -0.405. The van der Waals surface area contributed by atoms with Gasteiger partial charge in [-0.1, -0.05) is 0 Å². The quantitative estimate of drug-likeness (QED) is 0.591. The summed E-state index contributed by atoms with van der Waals surface area (Å²) in [6.07, 6.45) is 5.69. The summed E-state index contributed by atoms with van der Waals surface area (Å²) in [7, 11) is 0. The van der Waals surface area contributed by atoms with E-state index in [2.05, 4.69) is 10.3 Å². The summed E-state index contributed by atoms with van der Waals surface area (Å²) in [5.41, 5.74) is 2.26. The summed E-state index contributed by atoms with van der Waals surface area (Å²) in [5.74, 6) is -0.550. The molecule has 0 saturated heterocycles. The zero-order chi connectivity index (χ0) is 18.8. The Morgan fingerprint density at radius 2 is 1.89 bits per heavy atom. The molecule has 0 fully saturated rings. The average molecular weight is 364 g/mol. The van der Waals surface area contributed by atoms with E-state index in [1.54, 1.807) is 53.3 Å². The molecule has 0 aliphatic heterocycles. The van der Waals surface area contributed by atoms with Crippen LogP contribution < -0.4 is 10.9 Å². The highest BCUT2D eigenvalue weighted by atomic mass is 19.1. The van der Waals surface area contributed by atoms with Crippen molar-refractivity contribution in [1.82, 2.24) is 14.0 Å². The number of aryl methyl sites for hydroxylation is 1. The predicted octanol–water partition coefficient (Wildman–Crippen LogP) is 3.21. The third-order valence-electron chi connectivity index (χ3n) is 4.45. The van der Waals surface area contributed by atoms with Gasteiger partial charge < -0.3 is 14.3 Å². The monoisotopic (exact) mass is 364 g/mol. The van der Waals surface area contributed by atoms with E-state index in [0.717, 1.165) is 5.52 Å². The molecule has 27 heavy (non-hydrogen) atoms. The third-order valence-corrected chi connectivity index (χ3v) is 4.45. The van der Waals surface area contributed by atoms with Crippen molar-refractivity contribution in [1.29, 1.82) is 0 Å². The number of halogens is 1. The molecule has 0 bridgehead atoms. The average Bonchev–Trinajstić information content (AvgIpc) is 3.15. The number of hydrogen-bond acceptors (Lipinski definition) is 3. The van der Waals surface area contributed by atoms with Crippen molar-refractivity contribution in [3.63, 3.8) is 0 Å². The summed E-state index contributed by atoms with van der Waals surface area (Å²) in [5, 5.41) is 2.78. The van der Waals surface area contributed by atoms with E-state index >= 15 is 0 Å². The number of nitrogens with one attached hydrogen (secondary N) is 1. The fourth-order valence-corrected chi connectivity index (χ4v) is 3.21. The molecule has 3 heterocycles. The number of anilines is 1. The van der Waals surface area contributed by atoms with E-state index < -0.39 is 5.82 Å². The van der Waals surface area contributed by atoms with Crippen LogP contribution in [0.4, 0.5) is 10.1 Å². The number of carbonyl (C=O) groups excluding carboxylic acids is 1. The molecule has 0 unspecified atom stereocenters. The Morgan fingerprint density at radius 3 is 2.70 bits per heavy atom. The number of aromatic nitrogens is 3. The number of fused-ring (bicyclic) bond motifs is 3. The number of pyridine rings is 1. The predicted molar refractivity (Wildman–Crippen MR) is 101 cm³/mol. The Morgan fingerprint density at radius 1 is 1.07 bits per heavy atom. The second kappa shape index (κ2) is 7.03. The van der Waals surface area contributed by atoms with Crippen molar-refractivity contribution in [3.05, 3.63) is 77.2 Å². The maximum Gasteiger partial charge on any atom is 0.275 e. The van der Waals surface area contributed by atoms with E-state index in [9.17, 15) is 14.0 Å². The highest BCUT2D eigenvalue weighted by Gasteiger charge is 2.12. The lowest BCUT2D eigenvalue weighted by molar-refractivity contribution is -0.116. The second-order valence-electron chi connectivity index (χ2n) is 6.24. The number of carbonyl (C=O) groups is 1. The Labute approximate surface area is 153 Å². The number of nitrogens with zero attached hydrogens (tertiary/aromatic N) is 3. The lowest BCUT2D eigenvalue weighted by atomic mass is 10.2. The van der Waals surface area contributed by atoms with Crippen molar-refractivity contribution in [2.24, 2.45) is 0 Å². The van der Waals surface area contributed by atoms with Crippen LogP contribution in [0.25, 0.3) is 16.6 Å². The van der Waals surface area contributed by atoms with Gasteiger partial charge in [-0.3, -0.25) is 14.6 Å². The fourth-order valence-electron chi connectivity index (χ4n) is 3.21. The van der Waals surface area contributed by atoms with Crippen molar-refractivity contribution < 1.29 is 9.18 Å². The van der Waals surface area contributed by atoms with Crippen LogP contribution in [0.5, 0.6) is 0 Å². The summed E-state index contributed by atoms with van der Waals surface area (Å²) >= 11 is 0. The molecule has 0 aliphatic rings. The number of benzene rings is 1. The molecule has 0 spiro atoms. The maximum absolute atomic E-state index is 13.8. The van der Waals surface area contributed by atoms with Gasteiger partial charge >= 0.3 is 0 Å². The summed E-state index contributed by atoms with van der Waals surface area (Å²) in [6.45, 7) is 0.324. The normalized spacial score (nSPS) is 11.1. The Balaban J connectivity index is 1.58. The smallest absolute Gasteiger partial charge is 0.275 e. The van der Waals surface area contributed by atoms with Gasteiger partial charge in [0.1, 0.15) is 11.3 Å². The molecule has 3 aromatic heterocycles. The van der Waals surface area contributed by atoms with Gasteiger partial charge in [0, 0.05) is 37.2 Å². The van der Waals surface area contributed by atoms with Gasteiger partial charge in [-0.2, -0.15) is 0 Å². The van der Waals surface area contributed by atoms with Gasteiger partial charge in [-0.05, 0) is 48.9 Å². The highest BCUT2D eigenvalue weighted by molar-refractivity contribution is 5.90. The topological polar surface area (TPSA) is 68.4 Å². The number of rotatable bonds is 5. The molecule has 0 radical (unpaired) electrons. The first-order valence-corrected chi connectivity index (χ1v) is 8.62. The SMILES string of the molecule is O=C(CCCn1c(=O)c2cccn2c2ccc(F)cc21)Nc1ccncc1. The highest BCUT2D eigenvalue weighted by Crippen LogP contribution is 2.17. The first-order chi connectivity index (χ1) is 13.1. The van der Waals surface area contributed by atoms with E-state index in [0.29, 0.717) is 29.7 Å². The molecule has 1 aromatic carbocycles. The van der Waals surface area contributed by atoms with Crippen LogP contribution in [0.1, 0.15) is 12.8 Å². The summed E-state index contributed by atoms with van der Waals surface area (Å²) in [4.78, 5) is 28.8. The first kappa shape index (κ1) is 17.0. The standard InChI is InChI=1S/C20H17FN4O2/c21-14-5-6-16-18(13-14)25(20(27)17-3-1-11-24(16)17)12-2-4-19(26)23-15-7-9-22-10-8-15/h1,3,5-11,13H,2,4,12H2,(H,22,23,26). The summed E-state index contributed by atoms with van der Waals surface area (Å²) in [6, 6.07) is 11.3. The molecule has 0 saturated carbocycles. The van der Waals surface area contributed by atoms with Crippen LogP contribution in [-0.4, -0.2) is 19.9 Å². The van der Waals surface area contributed by atoms with Crippen LogP contribution >= 0.6 is 0 Å². The van der Waals surface area contributed by atoms with Crippen LogP contribution in [0, 0.1) is 5.82 Å². The molecule has 1 N–H and O–H groups in total. The zero-order valence-corrected chi connectivity index (χ0v) is 14.4. The van der Waals surface area contributed by atoms with Crippen LogP contribution in [-0.2, 0) is 11.3 Å². The van der Waals surface area contributed by atoms with Crippen molar-refractivity contribution in [3.8, 4) is 0 Å². The van der Waals surface area contributed by atoms with Gasteiger partial charge in [-0.15, -0.1) is 0 Å². The fraction of sp³-hybridized carbons (Fsp3) is 0.150. The van der Waals surface area contributed by atoms with Crippen molar-refractivity contribution in [2.45, 2.75) is 19.4 Å². The van der Waals surface area contributed by atoms with Crippen LogP contribution in [0.3, 0.4) is 0 Å². The molecule has 1 amide bonds. The van der Waals surface area contributed by atoms with Gasteiger partial charge in [0.15, 0.2) is 0 Å². The van der Waals surface area contributed by atoms with E-state index in [1.165, 1.54) is 16.7 Å². The molecular formula is C20H17FN4O2. The minimum absolute atomic E-state index is 0.145. The lowest BCUT2D eigenvalue weighted by Crippen LogP contribution is -2.23. The Bertz CT molecular complexity index is 1180. The van der Waals surface area contributed by atoms with Gasteiger partial charge in [0.25, 0.3) is 5.56 Å². The summed E-state index contributed by atoms with van der Waals surface area (Å²) < 4.78 is 17.1. The largest absolute Gasteiger partial charge is 0.326 e. The molecule has 4 rings (SSSR count). The Hall–Kier alpha value is -3.48. The second-order valence-corrected chi connectivity index (χ2v) is 6.24. The van der Waals surface area contributed by atoms with Crippen molar-refractivity contribution >= 4 is 28.1 Å². The van der Waals surface area contributed by atoms with Crippen LogP contribution in [0.2, 0.25) is 0 Å². The first-order valence-electron chi connectivity index (χ1n) is 8.62. The molecule has 4 aromatic rings. The number of hydrogen-bond donors (Lipinski definition) is 1. The molecular weight excluding hydrogens is 347 g/mol. The molecule has 7 heteroatoms. The van der Waals surface area contributed by atoms with E-state index in [-0.39, 0.29) is 17.9 Å². The molecule has 6 nitrogen and oxygen atoms in total. The van der Waals surface area contributed by atoms with Gasteiger partial charge in [0.05, 0.1) is 11.0 Å². The van der Waals surface area contributed by atoms with E-state index in [1.807, 2.05) is 0 Å². The third kappa shape index (κ3) is 3.31. The maximum atomic E-state index is 13.8. The zero-order valence-electron chi connectivity index (χ0n) is 14.4. The van der Waals surface area contributed by atoms with E-state index in [4.69, 9.17) is 0 Å². The minimum Gasteiger partial charge on any atom is -0.326 e. The molecule has 136 valence electrons.